The maximum atomic E-state index is 13.2. The molecule has 1 aliphatic heterocycles. The summed E-state index contributed by atoms with van der Waals surface area (Å²) < 4.78 is 18.6. The number of rotatable bonds is 9. The molecular formula is C26H35FN4O3. The van der Waals surface area contributed by atoms with Crippen LogP contribution >= 0.6 is 0 Å². The number of nitrogens with zero attached hydrogens (tertiary/aromatic N) is 2. The molecule has 0 saturated carbocycles. The number of benzene rings is 2. The summed E-state index contributed by atoms with van der Waals surface area (Å²) in [4.78, 5) is 29.9. The number of likely N-dealkylation sites (N-methyl/N-ethyl adjacent to an activating group) is 1. The van der Waals surface area contributed by atoms with Gasteiger partial charge in [0.1, 0.15) is 5.82 Å². The summed E-state index contributed by atoms with van der Waals surface area (Å²) in [5.74, 6) is -0.540. The molecule has 8 heteroatoms. The minimum absolute atomic E-state index is 0.0514. The summed E-state index contributed by atoms with van der Waals surface area (Å²) in [6.45, 7) is 3.89. The van der Waals surface area contributed by atoms with Crippen LogP contribution in [-0.4, -0.2) is 80.1 Å². The van der Waals surface area contributed by atoms with Crippen molar-refractivity contribution in [2.24, 2.45) is 5.73 Å². The van der Waals surface area contributed by atoms with E-state index in [0.29, 0.717) is 39.1 Å². The summed E-state index contributed by atoms with van der Waals surface area (Å²) in [5.41, 5.74) is 9.32. The van der Waals surface area contributed by atoms with Crippen molar-refractivity contribution in [3.8, 4) is 0 Å². The first-order valence-corrected chi connectivity index (χ1v) is 11.6. The molecule has 2 aromatic carbocycles. The number of carbonyl (C=O) groups is 2. The van der Waals surface area contributed by atoms with Crippen molar-refractivity contribution in [1.29, 1.82) is 0 Å². The van der Waals surface area contributed by atoms with Crippen LogP contribution in [0.2, 0.25) is 0 Å². The van der Waals surface area contributed by atoms with E-state index >= 15 is 0 Å². The first kappa shape index (κ1) is 25.8. The summed E-state index contributed by atoms with van der Waals surface area (Å²) in [6, 6.07) is 12.9. The Kier molecular flexibility index (Phi) is 9.15. The van der Waals surface area contributed by atoms with Gasteiger partial charge in [-0.25, -0.2) is 4.39 Å². The number of hydrogen-bond acceptors (Lipinski definition) is 5. The highest BCUT2D eigenvalue weighted by atomic mass is 19.1. The molecule has 3 atom stereocenters. The fourth-order valence-electron chi connectivity index (χ4n) is 4.46. The Balaban J connectivity index is 1.71. The summed E-state index contributed by atoms with van der Waals surface area (Å²) in [7, 11) is 3.24. The predicted octanol–water partition coefficient (Wildman–Crippen LogP) is 1.52. The zero-order valence-electron chi connectivity index (χ0n) is 20.2. The fourth-order valence-corrected chi connectivity index (χ4v) is 4.46. The van der Waals surface area contributed by atoms with Crippen molar-refractivity contribution in [2.75, 3.05) is 40.4 Å². The average Bonchev–Trinajstić information content (AvgIpc) is 2.84. The number of halogens is 1. The largest absolute Gasteiger partial charge is 0.382 e. The number of amides is 2. The molecule has 184 valence electrons. The molecule has 7 nitrogen and oxygen atoms in total. The smallest absolute Gasteiger partial charge is 0.240 e. The van der Waals surface area contributed by atoms with E-state index in [2.05, 4.69) is 10.2 Å². The molecule has 1 heterocycles. The normalized spacial score (nSPS) is 18.4. The molecule has 2 aromatic rings. The molecule has 3 unspecified atom stereocenters. The Hall–Kier alpha value is -2.81. The van der Waals surface area contributed by atoms with Gasteiger partial charge in [0.2, 0.25) is 11.8 Å². The van der Waals surface area contributed by atoms with Crippen LogP contribution < -0.4 is 11.1 Å². The number of piperazine rings is 1. The summed E-state index contributed by atoms with van der Waals surface area (Å²) in [6.07, 6.45) is 0.908. The maximum absolute atomic E-state index is 13.2. The molecule has 2 amide bonds. The second-order valence-corrected chi connectivity index (χ2v) is 8.89. The standard InChI is InChI=1S/C26H35FN4O3/c1-18-4-6-20(7-5-18)15-24(25(32)29-2)30-12-13-31(22(16-30)17-34-3)26(33)23(28)14-19-8-10-21(27)11-9-19/h4-11,22-24H,12-17,28H2,1-3H3,(H,29,32). The molecule has 0 spiro atoms. The summed E-state index contributed by atoms with van der Waals surface area (Å²) in [5, 5.41) is 2.79. The monoisotopic (exact) mass is 470 g/mol. The number of hydrogen-bond donors (Lipinski definition) is 2. The van der Waals surface area contributed by atoms with Crippen LogP contribution in [0, 0.1) is 12.7 Å². The van der Waals surface area contributed by atoms with Gasteiger partial charge < -0.3 is 20.7 Å². The van der Waals surface area contributed by atoms with Crippen LogP contribution in [0.3, 0.4) is 0 Å². The highest BCUT2D eigenvalue weighted by Gasteiger charge is 2.37. The van der Waals surface area contributed by atoms with E-state index in [9.17, 15) is 14.0 Å². The zero-order valence-corrected chi connectivity index (χ0v) is 20.2. The topological polar surface area (TPSA) is 87.9 Å². The van der Waals surface area contributed by atoms with Crippen LogP contribution in [0.15, 0.2) is 48.5 Å². The Bertz CT molecular complexity index is 952. The average molecular weight is 471 g/mol. The second-order valence-electron chi connectivity index (χ2n) is 8.89. The lowest BCUT2D eigenvalue weighted by atomic mass is 9.99. The van der Waals surface area contributed by atoms with Gasteiger partial charge in [0, 0.05) is 33.8 Å². The molecule has 1 saturated heterocycles. The number of ether oxygens (including phenoxy) is 1. The van der Waals surface area contributed by atoms with Gasteiger partial charge in [-0.05, 0) is 43.0 Å². The molecule has 3 rings (SSSR count). The predicted molar refractivity (Wildman–Crippen MR) is 130 cm³/mol. The van der Waals surface area contributed by atoms with E-state index < -0.39 is 6.04 Å². The van der Waals surface area contributed by atoms with Crippen molar-refractivity contribution >= 4 is 11.8 Å². The van der Waals surface area contributed by atoms with E-state index in [1.165, 1.54) is 17.7 Å². The Morgan fingerprint density at radius 1 is 1.09 bits per heavy atom. The van der Waals surface area contributed by atoms with Crippen LogP contribution in [0.4, 0.5) is 4.39 Å². The van der Waals surface area contributed by atoms with Gasteiger partial charge in [0.25, 0.3) is 0 Å². The number of methoxy groups -OCH3 is 1. The van der Waals surface area contributed by atoms with Gasteiger partial charge in [0.05, 0.1) is 24.7 Å². The van der Waals surface area contributed by atoms with E-state index in [0.717, 1.165) is 11.1 Å². The first-order chi connectivity index (χ1) is 16.3. The highest BCUT2D eigenvalue weighted by Crippen LogP contribution is 2.19. The van der Waals surface area contributed by atoms with Gasteiger partial charge in [-0.15, -0.1) is 0 Å². The Morgan fingerprint density at radius 2 is 1.71 bits per heavy atom. The lowest BCUT2D eigenvalue weighted by molar-refractivity contribution is -0.141. The number of nitrogens with two attached hydrogens (primary N) is 1. The number of nitrogens with one attached hydrogen (secondary N) is 1. The number of carbonyl (C=O) groups excluding carboxylic acids is 2. The molecule has 1 fully saturated rings. The van der Waals surface area contributed by atoms with Crippen LogP contribution in [0.1, 0.15) is 16.7 Å². The van der Waals surface area contributed by atoms with Crippen molar-refractivity contribution in [3.05, 3.63) is 71.0 Å². The van der Waals surface area contributed by atoms with Crippen molar-refractivity contribution in [3.63, 3.8) is 0 Å². The van der Waals surface area contributed by atoms with Gasteiger partial charge in [-0.1, -0.05) is 42.0 Å². The molecule has 0 aliphatic carbocycles. The molecule has 0 radical (unpaired) electrons. The Labute approximate surface area is 201 Å². The van der Waals surface area contributed by atoms with Crippen LogP contribution in [-0.2, 0) is 27.2 Å². The first-order valence-electron chi connectivity index (χ1n) is 11.6. The van der Waals surface area contributed by atoms with Gasteiger partial charge >= 0.3 is 0 Å². The van der Waals surface area contributed by atoms with Crippen LogP contribution in [0.25, 0.3) is 0 Å². The van der Waals surface area contributed by atoms with Crippen molar-refractivity contribution in [2.45, 2.75) is 37.9 Å². The van der Waals surface area contributed by atoms with E-state index in [1.807, 2.05) is 31.2 Å². The van der Waals surface area contributed by atoms with Gasteiger partial charge in [-0.3, -0.25) is 14.5 Å². The van der Waals surface area contributed by atoms with E-state index in [4.69, 9.17) is 10.5 Å². The molecule has 34 heavy (non-hydrogen) atoms. The van der Waals surface area contributed by atoms with Crippen LogP contribution in [0.5, 0.6) is 0 Å². The third-order valence-corrected chi connectivity index (χ3v) is 6.38. The van der Waals surface area contributed by atoms with Crippen molar-refractivity contribution in [1.82, 2.24) is 15.1 Å². The number of aryl methyl sites for hydroxylation is 1. The fraction of sp³-hybridized carbons (Fsp3) is 0.462. The molecule has 0 bridgehead atoms. The minimum atomic E-state index is -0.737. The quantitative estimate of drug-likeness (QED) is 0.580. The van der Waals surface area contributed by atoms with Gasteiger partial charge in [0.15, 0.2) is 0 Å². The Morgan fingerprint density at radius 3 is 2.32 bits per heavy atom. The van der Waals surface area contributed by atoms with Gasteiger partial charge in [-0.2, -0.15) is 0 Å². The van der Waals surface area contributed by atoms with E-state index in [-0.39, 0.29) is 29.7 Å². The molecule has 0 aromatic heterocycles. The molecule has 3 N–H and O–H groups in total. The third kappa shape index (κ3) is 6.62. The molecule has 1 aliphatic rings. The maximum Gasteiger partial charge on any atom is 0.240 e. The van der Waals surface area contributed by atoms with E-state index in [1.54, 1.807) is 31.2 Å². The SMILES string of the molecule is CNC(=O)C(Cc1ccc(C)cc1)N1CCN(C(=O)C(N)Cc2ccc(F)cc2)C(COC)C1. The second kappa shape index (κ2) is 12.1. The van der Waals surface area contributed by atoms with Crippen molar-refractivity contribution < 1.29 is 18.7 Å². The molecular weight excluding hydrogens is 435 g/mol. The highest BCUT2D eigenvalue weighted by molar-refractivity contribution is 5.83. The summed E-state index contributed by atoms with van der Waals surface area (Å²) >= 11 is 0. The zero-order chi connectivity index (χ0) is 24.7. The lowest BCUT2D eigenvalue weighted by Crippen LogP contribution is -2.63. The lowest BCUT2D eigenvalue weighted by Gasteiger charge is -2.44. The minimum Gasteiger partial charge on any atom is -0.382 e. The third-order valence-electron chi connectivity index (χ3n) is 6.38.